The SMILES string of the molecule is Cc1ccc(S(=O)(=O)N2CCN(C(=O)CN3C(=O)C(=O)N(CC(C)C)C3=O)CC2)c(C)c1. The molecule has 174 valence electrons. The first-order chi connectivity index (χ1) is 14.9. The highest BCUT2D eigenvalue weighted by molar-refractivity contribution is 7.89. The Hall–Kier alpha value is -2.79. The van der Waals surface area contributed by atoms with Gasteiger partial charge >= 0.3 is 17.8 Å². The summed E-state index contributed by atoms with van der Waals surface area (Å²) in [5, 5.41) is 0. The second-order valence-electron chi connectivity index (χ2n) is 8.54. The number of urea groups is 1. The standard InChI is InChI=1S/C21H28N4O6S/c1-14(2)12-24-19(27)20(28)25(21(24)29)13-18(26)22-7-9-23(10-8-22)32(30,31)17-6-5-15(3)11-16(17)4/h5-6,11,14H,7-10,12-13H2,1-4H3. The van der Waals surface area contributed by atoms with Crippen LogP contribution in [0.15, 0.2) is 23.1 Å². The summed E-state index contributed by atoms with van der Waals surface area (Å²) < 4.78 is 27.3. The zero-order chi connectivity index (χ0) is 23.8. The van der Waals surface area contributed by atoms with E-state index in [2.05, 4.69) is 0 Å². The Labute approximate surface area is 187 Å². The summed E-state index contributed by atoms with van der Waals surface area (Å²) in [5.41, 5.74) is 1.62. The molecule has 0 aromatic heterocycles. The van der Waals surface area contributed by atoms with Crippen molar-refractivity contribution in [1.29, 1.82) is 0 Å². The third-order valence-electron chi connectivity index (χ3n) is 5.52. The number of piperazine rings is 1. The van der Waals surface area contributed by atoms with Crippen molar-refractivity contribution in [1.82, 2.24) is 19.0 Å². The lowest BCUT2D eigenvalue weighted by Gasteiger charge is -2.34. The number of carbonyl (C=O) groups excluding carboxylic acids is 4. The van der Waals surface area contributed by atoms with Crippen LogP contribution in [-0.2, 0) is 24.4 Å². The van der Waals surface area contributed by atoms with E-state index in [0.717, 1.165) is 10.5 Å². The van der Waals surface area contributed by atoms with Gasteiger partial charge in [-0.2, -0.15) is 4.31 Å². The molecule has 0 bridgehead atoms. The molecule has 2 saturated heterocycles. The zero-order valence-corrected chi connectivity index (χ0v) is 19.5. The van der Waals surface area contributed by atoms with Crippen molar-refractivity contribution in [3.8, 4) is 0 Å². The van der Waals surface area contributed by atoms with Crippen LogP contribution in [0.25, 0.3) is 0 Å². The van der Waals surface area contributed by atoms with Crippen LogP contribution in [-0.4, -0.2) is 90.4 Å². The number of nitrogens with zero attached hydrogens (tertiary/aromatic N) is 4. The molecule has 2 heterocycles. The van der Waals surface area contributed by atoms with Crippen molar-refractivity contribution in [2.75, 3.05) is 39.3 Å². The molecule has 5 amide bonds. The van der Waals surface area contributed by atoms with Gasteiger partial charge in [0, 0.05) is 32.7 Å². The highest BCUT2D eigenvalue weighted by Gasteiger charge is 2.45. The molecule has 2 aliphatic rings. The van der Waals surface area contributed by atoms with Gasteiger partial charge in [-0.25, -0.2) is 18.1 Å². The summed E-state index contributed by atoms with van der Waals surface area (Å²) in [4.78, 5) is 52.5. The monoisotopic (exact) mass is 464 g/mol. The minimum Gasteiger partial charge on any atom is -0.338 e. The Balaban J connectivity index is 1.63. The zero-order valence-electron chi connectivity index (χ0n) is 18.7. The van der Waals surface area contributed by atoms with Crippen LogP contribution in [0.4, 0.5) is 4.79 Å². The van der Waals surface area contributed by atoms with Gasteiger partial charge in [0.15, 0.2) is 0 Å². The van der Waals surface area contributed by atoms with Gasteiger partial charge in [0.1, 0.15) is 6.54 Å². The van der Waals surface area contributed by atoms with Crippen molar-refractivity contribution in [3.63, 3.8) is 0 Å². The van der Waals surface area contributed by atoms with E-state index in [9.17, 15) is 27.6 Å². The number of sulfonamides is 1. The van der Waals surface area contributed by atoms with E-state index in [1.54, 1.807) is 25.1 Å². The van der Waals surface area contributed by atoms with Gasteiger partial charge < -0.3 is 4.90 Å². The van der Waals surface area contributed by atoms with Gasteiger partial charge in [0.2, 0.25) is 15.9 Å². The number of rotatable bonds is 6. The van der Waals surface area contributed by atoms with Gasteiger partial charge in [0.05, 0.1) is 4.90 Å². The first kappa shape index (κ1) is 23.9. The normalized spacial score (nSPS) is 18.3. The van der Waals surface area contributed by atoms with Gasteiger partial charge in [-0.15, -0.1) is 0 Å². The van der Waals surface area contributed by atoms with E-state index < -0.39 is 40.3 Å². The van der Waals surface area contributed by atoms with Crippen molar-refractivity contribution in [3.05, 3.63) is 29.3 Å². The molecule has 1 aromatic carbocycles. The molecule has 2 aliphatic heterocycles. The van der Waals surface area contributed by atoms with Gasteiger partial charge in [-0.3, -0.25) is 19.3 Å². The maximum Gasteiger partial charge on any atom is 0.334 e. The van der Waals surface area contributed by atoms with E-state index in [1.807, 2.05) is 20.8 Å². The summed E-state index contributed by atoms with van der Waals surface area (Å²) in [5.74, 6) is -2.46. The van der Waals surface area contributed by atoms with E-state index in [4.69, 9.17) is 0 Å². The highest BCUT2D eigenvalue weighted by atomic mass is 32.2. The first-order valence-electron chi connectivity index (χ1n) is 10.5. The molecule has 0 spiro atoms. The number of carbonyl (C=O) groups is 4. The van der Waals surface area contributed by atoms with Gasteiger partial charge in [-0.05, 0) is 31.4 Å². The van der Waals surface area contributed by atoms with Crippen LogP contribution in [0.1, 0.15) is 25.0 Å². The van der Waals surface area contributed by atoms with Crippen LogP contribution in [0.2, 0.25) is 0 Å². The van der Waals surface area contributed by atoms with E-state index in [-0.39, 0.29) is 43.5 Å². The first-order valence-corrected chi connectivity index (χ1v) is 11.9. The van der Waals surface area contributed by atoms with Crippen molar-refractivity contribution >= 4 is 33.8 Å². The molecular formula is C21H28N4O6S. The van der Waals surface area contributed by atoms with E-state index >= 15 is 0 Å². The summed E-state index contributed by atoms with van der Waals surface area (Å²) in [6.45, 7) is 7.27. The molecule has 0 saturated carbocycles. The Kier molecular flexibility index (Phi) is 6.70. The average Bonchev–Trinajstić information content (AvgIpc) is 2.91. The van der Waals surface area contributed by atoms with Crippen LogP contribution in [0.3, 0.4) is 0 Å². The van der Waals surface area contributed by atoms with Crippen LogP contribution >= 0.6 is 0 Å². The third kappa shape index (κ3) is 4.53. The smallest absolute Gasteiger partial charge is 0.334 e. The number of amides is 5. The van der Waals surface area contributed by atoms with Crippen LogP contribution < -0.4 is 0 Å². The number of imide groups is 2. The Morgan fingerprint density at radius 1 is 0.969 bits per heavy atom. The molecule has 0 unspecified atom stereocenters. The predicted octanol–water partition coefficient (Wildman–Crippen LogP) is 0.583. The topological polar surface area (TPSA) is 115 Å². The van der Waals surface area contributed by atoms with Crippen LogP contribution in [0, 0.1) is 19.8 Å². The molecule has 1 aromatic rings. The maximum atomic E-state index is 13.0. The molecule has 2 fully saturated rings. The maximum absolute atomic E-state index is 13.0. The molecule has 0 N–H and O–H groups in total. The van der Waals surface area contributed by atoms with Crippen molar-refractivity contribution < 1.29 is 27.6 Å². The quantitative estimate of drug-likeness (QED) is 0.449. The molecular weight excluding hydrogens is 436 g/mol. The summed E-state index contributed by atoms with van der Waals surface area (Å²) in [6.07, 6.45) is 0. The van der Waals surface area contributed by atoms with E-state index in [1.165, 1.54) is 9.21 Å². The van der Waals surface area contributed by atoms with Crippen molar-refractivity contribution in [2.45, 2.75) is 32.6 Å². The minimum absolute atomic E-state index is 0.0152. The lowest BCUT2D eigenvalue weighted by atomic mass is 10.2. The predicted molar refractivity (Wildman–Crippen MR) is 115 cm³/mol. The molecule has 3 rings (SSSR count). The minimum atomic E-state index is -3.70. The highest BCUT2D eigenvalue weighted by Crippen LogP contribution is 2.22. The Morgan fingerprint density at radius 3 is 2.12 bits per heavy atom. The van der Waals surface area contributed by atoms with Gasteiger partial charge in [0.25, 0.3) is 0 Å². The number of aryl methyl sites for hydroxylation is 2. The number of hydrogen-bond acceptors (Lipinski definition) is 6. The van der Waals surface area contributed by atoms with Crippen molar-refractivity contribution in [2.24, 2.45) is 5.92 Å². The number of benzene rings is 1. The van der Waals surface area contributed by atoms with Crippen LogP contribution in [0.5, 0.6) is 0 Å². The Bertz CT molecular complexity index is 1060. The second-order valence-corrected chi connectivity index (χ2v) is 10.4. The average molecular weight is 465 g/mol. The summed E-state index contributed by atoms with van der Waals surface area (Å²) in [7, 11) is -3.70. The Morgan fingerprint density at radius 2 is 1.56 bits per heavy atom. The molecule has 0 radical (unpaired) electrons. The third-order valence-corrected chi connectivity index (χ3v) is 7.57. The molecule has 10 nitrogen and oxygen atoms in total. The second kappa shape index (κ2) is 8.99. The summed E-state index contributed by atoms with van der Waals surface area (Å²) >= 11 is 0. The fraction of sp³-hybridized carbons (Fsp3) is 0.524. The summed E-state index contributed by atoms with van der Waals surface area (Å²) in [6, 6.07) is 4.34. The fourth-order valence-electron chi connectivity index (χ4n) is 3.86. The molecule has 0 atom stereocenters. The van der Waals surface area contributed by atoms with Gasteiger partial charge in [-0.1, -0.05) is 31.5 Å². The fourth-order valence-corrected chi connectivity index (χ4v) is 5.48. The molecule has 0 aliphatic carbocycles. The molecule has 32 heavy (non-hydrogen) atoms. The number of hydrogen-bond donors (Lipinski definition) is 0. The van der Waals surface area contributed by atoms with E-state index in [0.29, 0.717) is 10.5 Å². The lowest BCUT2D eigenvalue weighted by molar-refractivity contribution is -0.145. The largest absolute Gasteiger partial charge is 0.338 e. The lowest BCUT2D eigenvalue weighted by Crippen LogP contribution is -2.53. The molecule has 11 heteroatoms.